The summed E-state index contributed by atoms with van der Waals surface area (Å²) in [4.78, 5) is 15.2. The van der Waals surface area contributed by atoms with Crippen LogP contribution in [0.1, 0.15) is 38.3 Å². The lowest BCUT2D eigenvalue weighted by Crippen LogP contribution is -2.46. The number of hydrogen-bond acceptors (Lipinski definition) is 2. The van der Waals surface area contributed by atoms with Gasteiger partial charge in [0.2, 0.25) is 0 Å². The molecule has 4 heteroatoms. The first-order valence-electron chi connectivity index (χ1n) is 7.17. The predicted octanol–water partition coefficient (Wildman–Crippen LogP) is 3.17. The molecule has 4 nitrogen and oxygen atoms in total. The molecule has 1 amide bonds. The van der Waals surface area contributed by atoms with E-state index in [1.54, 1.807) is 0 Å². The minimum absolute atomic E-state index is 0.334. The smallest absolute Gasteiger partial charge is 0.407 e. The van der Waals surface area contributed by atoms with Gasteiger partial charge < -0.3 is 10.0 Å². The van der Waals surface area contributed by atoms with Gasteiger partial charge in [-0.05, 0) is 38.3 Å². The fourth-order valence-corrected chi connectivity index (χ4v) is 2.73. The van der Waals surface area contributed by atoms with Gasteiger partial charge in [-0.15, -0.1) is 0 Å². The van der Waals surface area contributed by atoms with Crippen molar-refractivity contribution in [1.82, 2.24) is 9.80 Å². The Bertz CT molecular complexity index is 455. The highest BCUT2D eigenvalue weighted by molar-refractivity contribution is 5.65. The van der Waals surface area contributed by atoms with Crippen LogP contribution in [-0.2, 0) is 13.1 Å². The summed E-state index contributed by atoms with van der Waals surface area (Å²) in [7, 11) is 0. The zero-order valence-corrected chi connectivity index (χ0v) is 12.6. The van der Waals surface area contributed by atoms with Crippen molar-refractivity contribution in [3.05, 3.63) is 35.4 Å². The molecule has 0 aromatic heterocycles. The standard InChI is InChI=1S/C16H24N2O2/c1-16(2,3)18(15(19)20)10-6-9-17-11-13-7-4-5-8-14(13)12-17/h4-5,7-8H,6,9-12H2,1-3H3,(H,19,20). The molecule has 0 spiro atoms. The zero-order valence-electron chi connectivity index (χ0n) is 12.6. The van der Waals surface area contributed by atoms with Crippen LogP contribution in [-0.4, -0.2) is 39.6 Å². The van der Waals surface area contributed by atoms with Gasteiger partial charge in [0.05, 0.1) is 0 Å². The molecule has 0 unspecified atom stereocenters. The number of rotatable bonds is 4. The first kappa shape index (κ1) is 14.9. The second-order valence-electron chi connectivity index (χ2n) is 6.44. The normalized spacial score (nSPS) is 15.2. The van der Waals surface area contributed by atoms with Crippen molar-refractivity contribution in [2.75, 3.05) is 13.1 Å². The van der Waals surface area contributed by atoms with Gasteiger partial charge in [0.15, 0.2) is 0 Å². The summed E-state index contributed by atoms with van der Waals surface area (Å²) in [5, 5.41) is 9.26. The summed E-state index contributed by atoms with van der Waals surface area (Å²) in [6.45, 7) is 9.31. The fraction of sp³-hybridized carbons (Fsp3) is 0.562. The van der Waals surface area contributed by atoms with Crippen LogP contribution in [0.15, 0.2) is 24.3 Å². The van der Waals surface area contributed by atoms with Gasteiger partial charge in [-0.2, -0.15) is 0 Å². The topological polar surface area (TPSA) is 43.8 Å². The van der Waals surface area contributed by atoms with Crippen molar-refractivity contribution in [3.63, 3.8) is 0 Å². The second-order valence-corrected chi connectivity index (χ2v) is 6.44. The molecule has 1 heterocycles. The monoisotopic (exact) mass is 276 g/mol. The van der Waals surface area contributed by atoms with Crippen molar-refractivity contribution < 1.29 is 9.90 Å². The SMILES string of the molecule is CC(C)(C)N(CCCN1Cc2ccccc2C1)C(=O)O. The van der Waals surface area contributed by atoms with Crippen LogP contribution < -0.4 is 0 Å². The summed E-state index contributed by atoms with van der Waals surface area (Å²) >= 11 is 0. The number of hydrogen-bond donors (Lipinski definition) is 1. The summed E-state index contributed by atoms with van der Waals surface area (Å²) in [6.07, 6.45) is 0.0413. The van der Waals surface area contributed by atoms with Crippen LogP contribution in [0.5, 0.6) is 0 Å². The van der Waals surface area contributed by atoms with E-state index in [4.69, 9.17) is 0 Å². The van der Waals surface area contributed by atoms with Crippen molar-refractivity contribution in [2.45, 2.75) is 45.8 Å². The van der Waals surface area contributed by atoms with Crippen molar-refractivity contribution in [3.8, 4) is 0 Å². The van der Waals surface area contributed by atoms with Gasteiger partial charge >= 0.3 is 6.09 Å². The Balaban J connectivity index is 1.81. The number of carboxylic acid groups (broad SMARTS) is 1. The van der Waals surface area contributed by atoms with Gasteiger partial charge in [-0.1, -0.05) is 24.3 Å². The molecular weight excluding hydrogens is 252 g/mol. The Kier molecular flexibility index (Phi) is 4.33. The summed E-state index contributed by atoms with van der Waals surface area (Å²) in [5.41, 5.74) is 2.47. The Labute approximate surface area is 121 Å². The minimum atomic E-state index is -0.831. The Hall–Kier alpha value is -1.55. The van der Waals surface area contributed by atoms with E-state index in [-0.39, 0.29) is 5.54 Å². The quantitative estimate of drug-likeness (QED) is 0.918. The molecule has 1 aromatic carbocycles. The number of benzene rings is 1. The molecule has 1 aliphatic rings. The Morgan fingerprint density at radius 2 is 1.80 bits per heavy atom. The highest BCUT2D eigenvalue weighted by Gasteiger charge is 2.26. The Morgan fingerprint density at radius 3 is 2.25 bits per heavy atom. The highest BCUT2D eigenvalue weighted by atomic mass is 16.4. The molecule has 110 valence electrons. The van der Waals surface area contributed by atoms with E-state index in [9.17, 15) is 9.90 Å². The van der Waals surface area contributed by atoms with Gasteiger partial charge in [-0.25, -0.2) is 4.79 Å². The lowest BCUT2D eigenvalue weighted by Gasteiger charge is -2.33. The zero-order chi connectivity index (χ0) is 14.8. The first-order valence-corrected chi connectivity index (χ1v) is 7.17. The van der Waals surface area contributed by atoms with Crippen LogP contribution >= 0.6 is 0 Å². The van der Waals surface area contributed by atoms with E-state index in [1.807, 2.05) is 20.8 Å². The van der Waals surface area contributed by atoms with E-state index < -0.39 is 6.09 Å². The van der Waals surface area contributed by atoms with E-state index in [0.717, 1.165) is 26.1 Å². The first-order chi connectivity index (χ1) is 9.38. The average Bonchev–Trinajstić information content (AvgIpc) is 2.75. The van der Waals surface area contributed by atoms with E-state index >= 15 is 0 Å². The molecule has 0 saturated carbocycles. The van der Waals surface area contributed by atoms with Crippen LogP contribution in [0.4, 0.5) is 4.79 Å². The molecule has 2 rings (SSSR count). The van der Waals surface area contributed by atoms with Crippen LogP contribution in [0.3, 0.4) is 0 Å². The molecule has 0 aliphatic carbocycles. The summed E-state index contributed by atoms with van der Waals surface area (Å²) < 4.78 is 0. The molecule has 1 aromatic rings. The van der Waals surface area contributed by atoms with Gasteiger partial charge in [0, 0.05) is 31.7 Å². The number of carbonyl (C=O) groups is 1. The molecule has 0 radical (unpaired) electrons. The largest absolute Gasteiger partial charge is 0.465 e. The third-order valence-electron chi connectivity index (χ3n) is 3.80. The maximum absolute atomic E-state index is 11.3. The summed E-state index contributed by atoms with van der Waals surface area (Å²) in [5.74, 6) is 0. The van der Waals surface area contributed by atoms with Crippen molar-refractivity contribution >= 4 is 6.09 Å². The predicted molar refractivity (Wildman–Crippen MR) is 79.7 cm³/mol. The van der Waals surface area contributed by atoms with Crippen molar-refractivity contribution in [2.24, 2.45) is 0 Å². The third kappa shape index (κ3) is 3.51. The van der Waals surface area contributed by atoms with Crippen molar-refractivity contribution in [1.29, 1.82) is 0 Å². The molecule has 0 saturated heterocycles. The van der Waals surface area contributed by atoms with Gasteiger partial charge in [-0.3, -0.25) is 4.90 Å². The van der Waals surface area contributed by atoms with E-state index in [0.29, 0.717) is 6.54 Å². The fourth-order valence-electron chi connectivity index (χ4n) is 2.73. The highest BCUT2D eigenvalue weighted by Crippen LogP contribution is 2.22. The molecule has 1 aliphatic heterocycles. The van der Waals surface area contributed by atoms with E-state index in [2.05, 4.69) is 29.2 Å². The maximum Gasteiger partial charge on any atom is 0.407 e. The molecule has 0 bridgehead atoms. The molecular formula is C16H24N2O2. The third-order valence-corrected chi connectivity index (χ3v) is 3.80. The van der Waals surface area contributed by atoms with E-state index in [1.165, 1.54) is 16.0 Å². The van der Waals surface area contributed by atoms with Crippen LogP contribution in [0, 0.1) is 0 Å². The van der Waals surface area contributed by atoms with Gasteiger partial charge in [0.1, 0.15) is 0 Å². The van der Waals surface area contributed by atoms with Gasteiger partial charge in [0.25, 0.3) is 0 Å². The number of amides is 1. The summed E-state index contributed by atoms with van der Waals surface area (Å²) in [6, 6.07) is 8.50. The lowest BCUT2D eigenvalue weighted by atomic mass is 10.1. The lowest BCUT2D eigenvalue weighted by molar-refractivity contribution is 0.0964. The Morgan fingerprint density at radius 1 is 1.25 bits per heavy atom. The minimum Gasteiger partial charge on any atom is -0.465 e. The molecule has 0 fully saturated rings. The number of fused-ring (bicyclic) bond motifs is 1. The average molecular weight is 276 g/mol. The second kappa shape index (κ2) is 5.83. The molecule has 0 atom stereocenters. The van der Waals surface area contributed by atoms with Crippen LogP contribution in [0.25, 0.3) is 0 Å². The molecule has 1 N–H and O–H groups in total. The van der Waals surface area contributed by atoms with Crippen LogP contribution in [0.2, 0.25) is 0 Å². The maximum atomic E-state index is 11.3. The molecule has 20 heavy (non-hydrogen) atoms. The number of nitrogens with zero attached hydrogens (tertiary/aromatic N) is 2.